The number of carbonyl (C=O) groups excluding carboxylic acids is 2. The van der Waals surface area contributed by atoms with E-state index in [1.807, 2.05) is 6.07 Å². The summed E-state index contributed by atoms with van der Waals surface area (Å²) in [6.07, 6.45) is 2.74. The highest BCUT2D eigenvalue weighted by molar-refractivity contribution is 5.93. The maximum absolute atomic E-state index is 13.1. The van der Waals surface area contributed by atoms with Crippen LogP contribution in [0.5, 0.6) is 0 Å². The van der Waals surface area contributed by atoms with Gasteiger partial charge in [0.05, 0.1) is 24.2 Å². The molecular formula is C21H22FN5O3. The summed E-state index contributed by atoms with van der Waals surface area (Å²) in [4.78, 5) is 27.0. The second kappa shape index (κ2) is 8.48. The van der Waals surface area contributed by atoms with Gasteiger partial charge >= 0.3 is 0 Å². The molecule has 2 amide bonds. The number of likely N-dealkylation sites (tertiary alicyclic amines) is 1. The summed E-state index contributed by atoms with van der Waals surface area (Å²) in [6.45, 7) is 3.06. The molecule has 1 N–H and O–H groups in total. The number of hydrogen-bond donors (Lipinski definition) is 1. The van der Waals surface area contributed by atoms with Crippen molar-refractivity contribution < 1.29 is 18.4 Å². The van der Waals surface area contributed by atoms with Crippen LogP contribution in [-0.2, 0) is 11.3 Å². The van der Waals surface area contributed by atoms with E-state index < -0.39 is 0 Å². The average Bonchev–Trinajstić information content (AvgIpc) is 3.42. The van der Waals surface area contributed by atoms with Crippen molar-refractivity contribution >= 4 is 11.8 Å². The molecule has 9 heteroatoms. The summed E-state index contributed by atoms with van der Waals surface area (Å²) >= 11 is 0. The Labute approximate surface area is 172 Å². The third-order valence-corrected chi connectivity index (χ3v) is 5.34. The molecule has 1 saturated heterocycles. The van der Waals surface area contributed by atoms with Crippen LogP contribution in [0.25, 0.3) is 5.69 Å². The number of nitrogens with zero attached hydrogens (tertiary/aromatic N) is 4. The van der Waals surface area contributed by atoms with Crippen molar-refractivity contribution in [1.82, 2.24) is 25.2 Å². The molecule has 30 heavy (non-hydrogen) atoms. The second-order valence-electron chi connectivity index (χ2n) is 7.28. The minimum atomic E-state index is -0.344. The first-order valence-corrected chi connectivity index (χ1v) is 9.80. The Bertz CT molecular complexity index is 1020. The maximum atomic E-state index is 13.1. The van der Waals surface area contributed by atoms with Gasteiger partial charge in [-0.25, -0.2) is 9.07 Å². The molecule has 0 spiro atoms. The molecule has 3 aromatic rings. The predicted octanol–water partition coefficient (Wildman–Crippen LogP) is 2.48. The van der Waals surface area contributed by atoms with Crippen molar-refractivity contribution in [1.29, 1.82) is 0 Å². The van der Waals surface area contributed by atoms with Crippen LogP contribution in [0.15, 0.2) is 47.1 Å². The van der Waals surface area contributed by atoms with E-state index >= 15 is 0 Å². The number of furan rings is 1. The molecule has 156 valence electrons. The first-order chi connectivity index (χ1) is 14.5. The number of rotatable bonds is 5. The molecule has 0 unspecified atom stereocenters. The van der Waals surface area contributed by atoms with E-state index in [9.17, 15) is 14.0 Å². The Morgan fingerprint density at radius 1 is 1.20 bits per heavy atom. The van der Waals surface area contributed by atoms with Crippen LogP contribution in [-0.4, -0.2) is 44.8 Å². The van der Waals surface area contributed by atoms with Gasteiger partial charge in [-0.15, -0.1) is 5.10 Å². The highest BCUT2D eigenvalue weighted by atomic mass is 19.1. The van der Waals surface area contributed by atoms with Gasteiger partial charge in [0.25, 0.3) is 5.91 Å². The predicted molar refractivity (Wildman–Crippen MR) is 105 cm³/mol. The molecule has 1 aliphatic rings. The quantitative estimate of drug-likeness (QED) is 0.696. The molecule has 0 saturated carbocycles. The molecule has 3 heterocycles. The van der Waals surface area contributed by atoms with E-state index in [2.05, 4.69) is 15.6 Å². The lowest BCUT2D eigenvalue weighted by Gasteiger charge is -2.30. The number of piperidine rings is 1. The molecular weight excluding hydrogens is 389 g/mol. The third-order valence-electron chi connectivity index (χ3n) is 5.34. The first kappa shape index (κ1) is 19.8. The SMILES string of the molecule is Cc1c(C(=O)N2CCC(C(=O)NCc3ccco3)CC2)nnn1-c1ccc(F)cc1. The van der Waals surface area contributed by atoms with Gasteiger partial charge in [0.15, 0.2) is 5.69 Å². The van der Waals surface area contributed by atoms with Crippen LogP contribution in [0, 0.1) is 18.7 Å². The van der Waals surface area contributed by atoms with Gasteiger partial charge in [-0.2, -0.15) is 0 Å². The normalized spacial score (nSPS) is 14.7. The van der Waals surface area contributed by atoms with Crippen molar-refractivity contribution in [2.45, 2.75) is 26.3 Å². The number of hydrogen-bond acceptors (Lipinski definition) is 5. The minimum absolute atomic E-state index is 0.0306. The largest absolute Gasteiger partial charge is 0.467 e. The Morgan fingerprint density at radius 3 is 2.60 bits per heavy atom. The van der Waals surface area contributed by atoms with Crippen molar-refractivity contribution in [2.75, 3.05) is 13.1 Å². The van der Waals surface area contributed by atoms with Crippen molar-refractivity contribution in [3.8, 4) is 5.69 Å². The number of benzene rings is 1. The molecule has 0 radical (unpaired) electrons. The fraction of sp³-hybridized carbons (Fsp3) is 0.333. The molecule has 0 aliphatic carbocycles. The molecule has 2 aromatic heterocycles. The third kappa shape index (κ3) is 4.10. The number of nitrogens with one attached hydrogen (secondary N) is 1. The Hall–Kier alpha value is -3.49. The summed E-state index contributed by atoms with van der Waals surface area (Å²) in [6, 6.07) is 9.42. The van der Waals surface area contributed by atoms with Crippen LogP contribution >= 0.6 is 0 Å². The van der Waals surface area contributed by atoms with E-state index in [4.69, 9.17) is 4.42 Å². The van der Waals surface area contributed by atoms with Gasteiger partial charge in [-0.05, 0) is 56.2 Å². The van der Waals surface area contributed by atoms with E-state index in [0.29, 0.717) is 49.6 Å². The number of amides is 2. The van der Waals surface area contributed by atoms with E-state index in [1.165, 1.54) is 16.8 Å². The van der Waals surface area contributed by atoms with E-state index in [0.717, 1.165) is 0 Å². The lowest BCUT2D eigenvalue weighted by Crippen LogP contribution is -2.43. The molecule has 0 atom stereocenters. The van der Waals surface area contributed by atoms with Gasteiger partial charge in [-0.1, -0.05) is 5.21 Å². The van der Waals surface area contributed by atoms with Gasteiger partial charge < -0.3 is 14.6 Å². The molecule has 1 fully saturated rings. The molecule has 1 aliphatic heterocycles. The number of carbonyl (C=O) groups is 2. The zero-order valence-corrected chi connectivity index (χ0v) is 16.5. The van der Waals surface area contributed by atoms with Crippen LogP contribution in [0.3, 0.4) is 0 Å². The number of aromatic nitrogens is 3. The maximum Gasteiger partial charge on any atom is 0.276 e. The van der Waals surface area contributed by atoms with Crippen LogP contribution in [0.4, 0.5) is 4.39 Å². The lowest BCUT2D eigenvalue weighted by molar-refractivity contribution is -0.126. The fourth-order valence-electron chi connectivity index (χ4n) is 3.58. The average molecular weight is 411 g/mol. The highest BCUT2D eigenvalue weighted by Crippen LogP contribution is 2.21. The number of halogens is 1. The minimum Gasteiger partial charge on any atom is -0.467 e. The Kier molecular flexibility index (Phi) is 5.60. The van der Waals surface area contributed by atoms with Gasteiger partial charge in [0.2, 0.25) is 5.91 Å². The van der Waals surface area contributed by atoms with E-state index in [-0.39, 0.29) is 29.2 Å². The summed E-state index contributed by atoms with van der Waals surface area (Å²) < 4.78 is 19.9. The summed E-state index contributed by atoms with van der Waals surface area (Å²) in [5, 5.41) is 11.0. The Morgan fingerprint density at radius 2 is 1.93 bits per heavy atom. The van der Waals surface area contributed by atoms with Gasteiger partial charge in [-0.3, -0.25) is 9.59 Å². The monoisotopic (exact) mass is 411 g/mol. The summed E-state index contributed by atoms with van der Waals surface area (Å²) in [7, 11) is 0. The van der Waals surface area contributed by atoms with Crippen LogP contribution in [0.2, 0.25) is 0 Å². The standard InChI is InChI=1S/C21H22FN5O3/c1-14-19(24-25-27(14)17-6-4-16(22)5-7-17)21(29)26-10-8-15(9-11-26)20(28)23-13-18-3-2-12-30-18/h2-7,12,15H,8-11,13H2,1H3,(H,23,28). The van der Waals surface area contributed by atoms with Crippen molar-refractivity contribution in [3.05, 3.63) is 65.6 Å². The first-order valence-electron chi connectivity index (χ1n) is 9.80. The van der Waals surface area contributed by atoms with Gasteiger partial charge in [0, 0.05) is 19.0 Å². The molecule has 0 bridgehead atoms. The lowest BCUT2D eigenvalue weighted by atomic mass is 9.95. The topological polar surface area (TPSA) is 93.3 Å². The van der Waals surface area contributed by atoms with E-state index in [1.54, 1.807) is 36.3 Å². The van der Waals surface area contributed by atoms with Crippen LogP contribution < -0.4 is 5.32 Å². The molecule has 8 nitrogen and oxygen atoms in total. The Balaban J connectivity index is 1.35. The highest BCUT2D eigenvalue weighted by Gasteiger charge is 2.30. The fourth-order valence-corrected chi connectivity index (χ4v) is 3.58. The zero-order valence-electron chi connectivity index (χ0n) is 16.5. The van der Waals surface area contributed by atoms with Crippen molar-refractivity contribution in [2.24, 2.45) is 5.92 Å². The summed E-state index contributed by atoms with van der Waals surface area (Å²) in [5.74, 6) is -0.0215. The van der Waals surface area contributed by atoms with Gasteiger partial charge in [0.1, 0.15) is 11.6 Å². The smallest absolute Gasteiger partial charge is 0.276 e. The van der Waals surface area contributed by atoms with Crippen LogP contribution in [0.1, 0.15) is 34.8 Å². The van der Waals surface area contributed by atoms with Crippen molar-refractivity contribution in [3.63, 3.8) is 0 Å². The summed E-state index contributed by atoms with van der Waals surface area (Å²) in [5.41, 5.74) is 1.48. The molecule has 1 aromatic carbocycles. The second-order valence-corrected chi connectivity index (χ2v) is 7.28. The zero-order chi connectivity index (χ0) is 21.1. The molecule has 4 rings (SSSR count).